The van der Waals surface area contributed by atoms with Crippen molar-refractivity contribution in [3.05, 3.63) is 60.2 Å². The Balaban J connectivity index is 0.00000169. The van der Waals surface area contributed by atoms with Gasteiger partial charge in [-0.15, -0.1) is 24.8 Å². The molecule has 2 aromatic carbocycles. The standard InChI is InChI=1S/C18H19F3N2O.2ClH/c19-18(20,21)17(23-11-9-22-10-12-23)14-5-4-8-16(13-14)24-15-6-2-1-3-7-15;;/h1-8,13,17,22H,9-12H2;2*1H/t17-;;/m1../s1. The molecule has 1 aliphatic rings. The van der Waals surface area contributed by atoms with Crippen LogP contribution in [0.15, 0.2) is 54.6 Å². The Labute approximate surface area is 163 Å². The molecule has 144 valence electrons. The van der Waals surface area contributed by atoms with Gasteiger partial charge in [-0.25, -0.2) is 0 Å². The van der Waals surface area contributed by atoms with E-state index in [1.165, 1.54) is 17.0 Å². The summed E-state index contributed by atoms with van der Waals surface area (Å²) in [6.45, 7) is 1.86. The number of hydrogen-bond acceptors (Lipinski definition) is 3. The highest BCUT2D eigenvalue weighted by atomic mass is 35.5. The number of rotatable bonds is 4. The molecule has 0 aromatic heterocycles. The van der Waals surface area contributed by atoms with E-state index in [1.807, 2.05) is 18.2 Å². The molecule has 1 heterocycles. The summed E-state index contributed by atoms with van der Waals surface area (Å²) in [5.74, 6) is 1.00. The fourth-order valence-electron chi connectivity index (χ4n) is 2.92. The molecule has 3 nitrogen and oxygen atoms in total. The highest BCUT2D eigenvalue weighted by molar-refractivity contribution is 5.85. The number of benzene rings is 2. The Bertz CT molecular complexity index is 665. The first-order valence-corrected chi connectivity index (χ1v) is 7.88. The van der Waals surface area contributed by atoms with Gasteiger partial charge < -0.3 is 10.1 Å². The van der Waals surface area contributed by atoms with Gasteiger partial charge in [-0.2, -0.15) is 13.2 Å². The molecule has 1 aliphatic heterocycles. The van der Waals surface area contributed by atoms with Crippen LogP contribution in [0.3, 0.4) is 0 Å². The summed E-state index contributed by atoms with van der Waals surface area (Å²) < 4.78 is 46.6. The fourth-order valence-corrected chi connectivity index (χ4v) is 2.92. The van der Waals surface area contributed by atoms with Gasteiger partial charge in [0, 0.05) is 26.2 Å². The van der Waals surface area contributed by atoms with E-state index in [0.717, 1.165) is 0 Å². The molecule has 1 fully saturated rings. The van der Waals surface area contributed by atoms with E-state index in [1.54, 1.807) is 24.3 Å². The molecule has 0 saturated carbocycles. The number of halogens is 5. The molecule has 1 N–H and O–H groups in total. The zero-order valence-corrected chi connectivity index (χ0v) is 15.5. The van der Waals surface area contributed by atoms with Crippen LogP contribution in [0.2, 0.25) is 0 Å². The van der Waals surface area contributed by atoms with Gasteiger partial charge in [0.25, 0.3) is 0 Å². The van der Waals surface area contributed by atoms with Crippen LogP contribution < -0.4 is 10.1 Å². The van der Waals surface area contributed by atoms with Crippen molar-refractivity contribution in [2.75, 3.05) is 26.2 Å². The van der Waals surface area contributed by atoms with Gasteiger partial charge in [0.05, 0.1) is 0 Å². The number of para-hydroxylation sites is 1. The number of nitrogens with zero attached hydrogens (tertiary/aromatic N) is 1. The molecular formula is C18H21Cl2F3N2O. The maximum Gasteiger partial charge on any atom is 0.408 e. The molecule has 0 amide bonds. The van der Waals surface area contributed by atoms with Gasteiger partial charge in [-0.05, 0) is 29.8 Å². The predicted molar refractivity (Wildman–Crippen MR) is 101 cm³/mol. The van der Waals surface area contributed by atoms with Crippen molar-refractivity contribution in [2.45, 2.75) is 12.2 Å². The van der Waals surface area contributed by atoms with Crippen molar-refractivity contribution in [1.82, 2.24) is 10.2 Å². The quantitative estimate of drug-likeness (QED) is 0.783. The molecule has 0 bridgehead atoms. The first-order chi connectivity index (χ1) is 11.5. The van der Waals surface area contributed by atoms with Gasteiger partial charge in [-0.1, -0.05) is 30.3 Å². The zero-order chi connectivity index (χ0) is 17.0. The fraction of sp³-hybridized carbons (Fsp3) is 0.333. The number of nitrogens with one attached hydrogen (secondary N) is 1. The van der Waals surface area contributed by atoms with Crippen molar-refractivity contribution < 1.29 is 17.9 Å². The second-order valence-corrected chi connectivity index (χ2v) is 5.72. The third kappa shape index (κ3) is 5.77. The Morgan fingerprint density at radius 3 is 2.12 bits per heavy atom. The van der Waals surface area contributed by atoms with E-state index >= 15 is 0 Å². The van der Waals surface area contributed by atoms with Gasteiger partial charge in [0.1, 0.15) is 17.5 Å². The number of ether oxygens (including phenoxy) is 1. The lowest BCUT2D eigenvalue weighted by molar-refractivity contribution is -0.187. The molecule has 0 radical (unpaired) electrons. The third-order valence-corrected chi connectivity index (χ3v) is 3.98. The average Bonchev–Trinajstić information content (AvgIpc) is 2.56. The smallest absolute Gasteiger partial charge is 0.408 e. The number of hydrogen-bond donors (Lipinski definition) is 1. The highest BCUT2D eigenvalue weighted by Crippen LogP contribution is 2.39. The Hall–Kier alpha value is -1.47. The minimum atomic E-state index is -4.33. The summed E-state index contributed by atoms with van der Waals surface area (Å²) in [6, 6.07) is 13.7. The minimum Gasteiger partial charge on any atom is -0.457 e. The molecule has 0 spiro atoms. The van der Waals surface area contributed by atoms with Crippen LogP contribution in [0.1, 0.15) is 11.6 Å². The lowest BCUT2D eigenvalue weighted by atomic mass is 10.0. The molecule has 8 heteroatoms. The van der Waals surface area contributed by atoms with Gasteiger partial charge in [-0.3, -0.25) is 4.90 Å². The van der Waals surface area contributed by atoms with Crippen LogP contribution in [0.25, 0.3) is 0 Å². The van der Waals surface area contributed by atoms with Crippen LogP contribution >= 0.6 is 24.8 Å². The molecule has 2 aromatic rings. The summed E-state index contributed by atoms with van der Waals surface area (Å²) in [5, 5.41) is 3.08. The lowest BCUT2D eigenvalue weighted by Crippen LogP contribution is -2.49. The molecule has 0 unspecified atom stereocenters. The summed E-state index contributed by atoms with van der Waals surface area (Å²) in [4.78, 5) is 1.47. The summed E-state index contributed by atoms with van der Waals surface area (Å²) in [6.07, 6.45) is -4.33. The molecule has 3 rings (SSSR count). The second kappa shape index (κ2) is 10.0. The van der Waals surface area contributed by atoms with Crippen molar-refractivity contribution in [3.8, 4) is 11.5 Å². The largest absolute Gasteiger partial charge is 0.457 e. The maximum atomic E-state index is 13.6. The molecule has 0 aliphatic carbocycles. The Kier molecular flexibility index (Phi) is 8.70. The van der Waals surface area contributed by atoms with Crippen LogP contribution in [0.4, 0.5) is 13.2 Å². The Morgan fingerprint density at radius 2 is 1.50 bits per heavy atom. The third-order valence-electron chi connectivity index (χ3n) is 3.98. The van der Waals surface area contributed by atoms with Crippen LogP contribution in [0, 0.1) is 0 Å². The van der Waals surface area contributed by atoms with Gasteiger partial charge >= 0.3 is 6.18 Å². The number of piperazine rings is 1. The topological polar surface area (TPSA) is 24.5 Å². The zero-order valence-electron chi connectivity index (χ0n) is 13.9. The lowest BCUT2D eigenvalue weighted by Gasteiger charge is -2.36. The molecule has 1 saturated heterocycles. The van der Waals surface area contributed by atoms with Gasteiger partial charge in [0.15, 0.2) is 0 Å². The van der Waals surface area contributed by atoms with E-state index in [0.29, 0.717) is 37.7 Å². The first-order valence-electron chi connectivity index (χ1n) is 7.88. The van der Waals surface area contributed by atoms with Crippen molar-refractivity contribution in [2.24, 2.45) is 0 Å². The van der Waals surface area contributed by atoms with Crippen LogP contribution in [0.5, 0.6) is 11.5 Å². The van der Waals surface area contributed by atoms with Crippen molar-refractivity contribution in [3.63, 3.8) is 0 Å². The molecular weight excluding hydrogens is 388 g/mol. The van der Waals surface area contributed by atoms with Crippen molar-refractivity contribution in [1.29, 1.82) is 0 Å². The van der Waals surface area contributed by atoms with E-state index in [4.69, 9.17) is 4.74 Å². The Morgan fingerprint density at radius 1 is 0.885 bits per heavy atom. The number of alkyl halides is 3. The normalized spacial score (nSPS) is 16.1. The van der Waals surface area contributed by atoms with Crippen LogP contribution in [-0.4, -0.2) is 37.3 Å². The van der Waals surface area contributed by atoms with E-state index < -0.39 is 12.2 Å². The van der Waals surface area contributed by atoms with E-state index in [2.05, 4.69) is 5.32 Å². The molecule has 1 atom stereocenters. The van der Waals surface area contributed by atoms with Gasteiger partial charge in [0.2, 0.25) is 0 Å². The van der Waals surface area contributed by atoms with E-state index in [-0.39, 0.29) is 30.4 Å². The van der Waals surface area contributed by atoms with E-state index in [9.17, 15) is 13.2 Å². The highest BCUT2D eigenvalue weighted by Gasteiger charge is 2.44. The second-order valence-electron chi connectivity index (χ2n) is 5.72. The van der Waals surface area contributed by atoms with Crippen molar-refractivity contribution >= 4 is 24.8 Å². The molecule has 26 heavy (non-hydrogen) atoms. The summed E-state index contributed by atoms with van der Waals surface area (Å²) >= 11 is 0. The predicted octanol–water partition coefficient (Wildman–Crippen LogP) is 4.83. The summed E-state index contributed by atoms with van der Waals surface area (Å²) in [7, 11) is 0. The SMILES string of the molecule is Cl.Cl.FC(F)(F)[C@@H](c1cccc(Oc2ccccc2)c1)N1CCNCC1. The maximum absolute atomic E-state index is 13.6. The monoisotopic (exact) mass is 408 g/mol. The average molecular weight is 409 g/mol. The first kappa shape index (κ1) is 22.6. The minimum absolute atomic E-state index is 0. The summed E-state index contributed by atoms with van der Waals surface area (Å²) in [5.41, 5.74) is 0.206. The van der Waals surface area contributed by atoms with Crippen LogP contribution in [-0.2, 0) is 0 Å².